The van der Waals surface area contributed by atoms with E-state index in [0.717, 1.165) is 0 Å². The number of esters is 2. The van der Waals surface area contributed by atoms with Crippen LogP contribution in [0.4, 0.5) is 5.69 Å². The molecule has 1 aromatic heterocycles. The van der Waals surface area contributed by atoms with E-state index in [1.165, 1.54) is 25.3 Å². The molecule has 8 nitrogen and oxygen atoms in total. The maximum atomic E-state index is 12.8. The summed E-state index contributed by atoms with van der Waals surface area (Å²) in [7, 11) is 2.40. The summed E-state index contributed by atoms with van der Waals surface area (Å²) in [6.45, 7) is 0. The highest BCUT2D eigenvalue weighted by Gasteiger charge is 2.43. The van der Waals surface area contributed by atoms with Gasteiger partial charge in [0, 0.05) is 18.1 Å². The number of nitrogens with zero attached hydrogens (tertiary/aromatic N) is 3. The fraction of sp³-hybridized carbons (Fsp3) is 0.143. The molecule has 2 aromatic rings. The molecule has 2 N–H and O–H groups in total. The monoisotopic (exact) mass is 390 g/mol. The summed E-state index contributed by atoms with van der Waals surface area (Å²) in [5, 5.41) is 9.89. The third kappa shape index (κ3) is 3.41. The van der Waals surface area contributed by atoms with Gasteiger partial charge < -0.3 is 15.2 Å². The number of methoxy groups -OCH3 is 2. The van der Waals surface area contributed by atoms with Gasteiger partial charge in [0.25, 0.3) is 0 Å². The summed E-state index contributed by atoms with van der Waals surface area (Å²) in [5.74, 6) is -2.49. The minimum absolute atomic E-state index is 0.0145. The number of rotatable bonds is 4. The van der Waals surface area contributed by atoms with E-state index in [2.05, 4.69) is 11.1 Å². The number of para-hydroxylation sites is 1. The van der Waals surface area contributed by atoms with E-state index in [4.69, 9.17) is 15.2 Å². The Morgan fingerprint density at radius 1 is 1.10 bits per heavy atom. The normalized spacial score (nSPS) is 16.3. The zero-order valence-corrected chi connectivity index (χ0v) is 15.8. The smallest absolute Gasteiger partial charge is 0.355 e. The zero-order chi connectivity index (χ0) is 21.0. The van der Waals surface area contributed by atoms with Crippen LogP contribution in [0.1, 0.15) is 11.5 Å². The van der Waals surface area contributed by atoms with Crippen molar-refractivity contribution in [1.29, 1.82) is 5.26 Å². The van der Waals surface area contributed by atoms with E-state index >= 15 is 0 Å². The highest BCUT2D eigenvalue weighted by molar-refractivity contribution is 6.06. The predicted octanol–water partition coefficient (Wildman–Crippen LogP) is 1.98. The average Bonchev–Trinajstić information content (AvgIpc) is 2.78. The maximum absolute atomic E-state index is 12.8. The van der Waals surface area contributed by atoms with Crippen molar-refractivity contribution >= 4 is 17.6 Å². The van der Waals surface area contributed by atoms with Crippen LogP contribution in [0.3, 0.4) is 0 Å². The molecule has 2 heterocycles. The number of nitriles is 1. The van der Waals surface area contributed by atoms with Crippen LogP contribution in [0, 0.1) is 11.3 Å². The number of anilines is 1. The van der Waals surface area contributed by atoms with Crippen LogP contribution in [0.2, 0.25) is 0 Å². The van der Waals surface area contributed by atoms with Crippen LogP contribution in [0.15, 0.2) is 77.5 Å². The summed E-state index contributed by atoms with van der Waals surface area (Å²) in [5.41, 5.74) is 7.28. The van der Waals surface area contributed by atoms with Crippen LogP contribution >= 0.6 is 0 Å². The Bertz CT molecular complexity index is 1040. The Labute approximate surface area is 167 Å². The Kier molecular flexibility index (Phi) is 5.60. The van der Waals surface area contributed by atoms with Crippen molar-refractivity contribution in [3.05, 3.63) is 83.1 Å². The average molecular weight is 390 g/mol. The molecular weight excluding hydrogens is 372 g/mol. The van der Waals surface area contributed by atoms with Crippen LogP contribution in [0.25, 0.3) is 0 Å². The Morgan fingerprint density at radius 3 is 2.34 bits per heavy atom. The quantitative estimate of drug-likeness (QED) is 0.787. The van der Waals surface area contributed by atoms with Crippen molar-refractivity contribution < 1.29 is 19.1 Å². The van der Waals surface area contributed by atoms with Gasteiger partial charge in [-0.25, -0.2) is 9.59 Å². The molecule has 1 aliphatic heterocycles. The fourth-order valence-corrected chi connectivity index (χ4v) is 3.26. The van der Waals surface area contributed by atoms with Crippen LogP contribution in [0.5, 0.6) is 0 Å². The van der Waals surface area contributed by atoms with E-state index in [0.29, 0.717) is 11.3 Å². The molecular formula is C21H18N4O4. The number of allylic oxidation sites excluding steroid dienone is 1. The van der Waals surface area contributed by atoms with Crippen molar-refractivity contribution in [2.24, 2.45) is 5.73 Å². The molecule has 29 heavy (non-hydrogen) atoms. The minimum Gasteiger partial charge on any atom is -0.466 e. The first-order valence-corrected chi connectivity index (χ1v) is 8.60. The number of carbonyl (C=O) groups excluding carboxylic acids is 2. The molecule has 3 rings (SSSR count). The number of aromatic nitrogens is 1. The molecule has 1 aliphatic rings. The van der Waals surface area contributed by atoms with Gasteiger partial charge in [-0.3, -0.25) is 9.88 Å². The Morgan fingerprint density at radius 2 is 1.79 bits per heavy atom. The van der Waals surface area contributed by atoms with Crippen LogP contribution < -0.4 is 10.6 Å². The second-order valence-corrected chi connectivity index (χ2v) is 6.05. The molecule has 146 valence electrons. The summed E-state index contributed by atoms with van der Waals surface area (Å²) in [6, 6.07) is 14.1. The van der Waals surface area contributed by atoms with Gasteiger partial charge in [-0.2, -0.15) is 5.26 Å². The first kappa shape index (κ1) is 19.6. The molecule has 0 aliphatic carbocycles. The number of benzene rings is 1. The van der Waals surface area contributed by atoms with Crippen molar-refractivity contribution in [3.8, 4) is 6.07 Å². The predicted molar refractivity (Wildman–Crippen MR) is 104 cm³/mol. The highest BCUT2D eigenvalue weighted by atomic mass is 16.5. The van der Waals surface area contributed by atoms with Gasteiger partial charge in [0.1, 0.15) is 11.5 Å². The summed E-state index contributed by atoms with van der Waals surface area (Å²) < 4.78 is 9.90. The summed E-state index contributed by atoms with van der Waals surface area (Å²) in [6.07, 6.45) is 3.07. The standard InChI is InChI=1S/C21H18N4O4/c1-28-20(26)17-16(13-7-6-10-24-12-13)15(11-22)19(23)25(18(17)21(27)29-2)14-8-4-3-5-9-14/h3-10,12,16H,23H2,1-2H3/t16-/m1/s1. The van der Waals surface area contributed by atoms with Crippen LogP contribution in [-0.4, -0.2) is 31.1 Å². The molecule has 1 aromatic carbocycles. The minimum atomic E-state index is -0.935. The van der Waals surface area contributed by atoms with E-state index in [-0.39, 0.29) is 22.7 Å². The molecule has 8 heteroatoms. The Balaban J connectivity index is 2.40. The maximum Gasteiger partial charge on any atom is 0.355 e. The Hall–Kier alpha value is -4.12. The SMILES string of the molecule is COC(=O)C1=C(C(=O)OC)N(c2ccccc2)C(N)=C(C#N)[C@H]1c1cccnc1. The van der Waals surface area contributed by atoms with Gasteiger partial charge in [-0.15, -0.1) is 0 Å². The van der Waals surface area contributed by atoms with Crippen molar-refractivity contribution in [3.63, 3.8) is 0 Å². The lowest BCUT2D eigenvalue weighted by atomic mass is 9.81. The van der Waals surface area contributed by atoms with E-state index < -0.39 is 17.9 Å². The third-order valence-corrected chi connectivity index (χ3v) is 4.51. The lowest BCUT2D eigenvalue weighted by Crippen LogP contribution is -2.40. The number of hydrogen-bond acceptors (Lipinski definition) is 8. The highest BCUT2D eigenvalue weighted by Crippen LogP contribution is 2.42. The van der Waals surface area contributed by atoms with Crippen LogP contribution in [-0.2, 0) is 19.1 Å². The number of nitrogens with two attached hydrogens (primary N) is 1. The summed E-state index contributed by atoms with van der Waals surface area (Å²) >= 11 is 0. The van der Waals surface area contributed by atoms with E-state index in [1.807, 2.05) is 0 Å². The molecule has 0 amide bonds. The lowest BCUT2D eigenvalue weighted by molar-refractivity contribution is -0.139. The number of hydrogen-bond donors (Lipinski definition) is 1. The topological polar surface area (TPSA) is 119 Å². The van der Waals surface area contributed by atoms with Gasteiger partial charge in [0.15, 0.2) is 0 Å². The number of ether oxygens (including phenoxy) is 2. The molecule has 0 fully saturated rings. The van der Waals surface area contributed by atoms with Crippen molar-refractivity contribution in [2.75, 3.05) is 19.1 Å². The van der Waals surface area contributed by atoms with Gasteiger partial charge >= 0.3 is 11.9 Å². The molecule has 0 saturated carbocycles. The second-order valence-electron chi connectivity index (χ2n) is 6.05. The fourth-order valence-electron chi connectivity index (χ4n) is 3.26. The summed E-state index contributed by atoms with van der Waals surface area (Å²) in [4.78, 5) is 31.0. The first-order chi connectivity index (χ1) is 14.0. The molecule has 0 unspecified atom stereocenters. The molecule has 0 radical (unpaired) electrons. The molecule has 0 saturated heterocycles. The van der Waals surface area contributed by atoms with Gasteiger partial charge in [0.2, 0.25) is 0 Å². The first-order valence-electron chi connectivity index (χ1n) is 8.60. The van der Waals surface area contributed by atoms with Crippen molar-refractivity contribution in [1.82, 2.24) is 4.98 Å². The number of carbonyl (C=O) groups is 2. The number of pyridine rings is 1. The third-order valence-electron chi connectivity index (χ3n) is 4.51. The second kappa shape index (κ2) is 8.27. The molecule has 0 spiro atoms. The van der Waals surface area contributed by atoms with Gasteiger partial charge in [-0.05, 0) is 23.8 Å². The van der Waals surface area contributed by atoms with Crippen molar-refractivity contribution in [2.45, 2.75) is 5.92 Å². The molecule has 0 bridgehead atoms. The zero-order valence-electron chi connectivity index (χ0n) is 15.8. The molecule has 1 atom stereocenters. The van der Waals surface area contributed by atoms with E-state index in [1.54, 1.807) is 48.7 Å². The van der Waals surface area contributed by atoms with Gasteiger partial charge in [-0.1, -0.05) is 24.3 Å². The largest absolute Gasteiger partial charge is 0.466 e. The van der Waals surface area contributed by atoms with E-state index in [9.17, 15) is 14.9 Å². The van der Waals surface area contributed by atoms with Gasteiger partial charge in [0.05, 0.1) is 37.4 Å². The lowest BCUT2D eigenvalue weighted by Gasteiger charge is -2.35.